The molecule has 0 spiro atoms. The minimum atomic E-state index is -3.93. The number of carbonyl (C=O) groups is 1. The molecule has 0 radical (unpaired) electrons. The Bertz CT molecular complexity index is 1030. The van der Waals surface area contributed by atoms with E-state index >= 15 is 0 Å². The van der Waals surface area contributed by atoms with Gasteiger partial charge in [0.1, 0.15) is 5.75 Å². The van der Waals surface area contributed by atoms with E-state index in [2.05, 4.69) is 0 Å². The fourth-order valence-corrected chi connectivity index (χ4v) is 5.69. The molecule has 0 aliphatic carbocycles. The van der Waals surface area contributed by atoms with Crippen molar-refractivity contribution < 1.29 is 22.7 Å². The number of carbonyl (C=O) groups excluding carboxylic acids is 1. The molecular weight excluding hydrogens is 378 g/mol. The first-order valence-corrected chi connectivity index (χ1v) is 10.5. The Morgan fingerprint density at radius 2 is 1.54 bits per heavy atom. The molecule has 0 fully saturated rings. The summed E-state index contributed by atoms with van der Waals surface area (Å²) < 4.78 is 39.3. The van der Waals surface area contributed by atoms with Crippen LogP contribution in [0.5, 0.6) is 5.75 Å². The quantitative estimate of drug-likeness (QED) is 0.735. The lowest BCUT2D eigenvalue weighted by atomic mass is 9.95. The minimum absolute atomic E-state index is 0.142. The number of fused-ring (bicyclic) bond motifs is 1. The Morgan fingerprint density at radius 3 is 2.11 bits per heavy atom. The average molecular weight is 404 g/mol. The van der Waals surface area contributed by atoms with E-state index in [1.807, 2.05) is 34.6 Å². The summed E-state index contributed by atoms with van der Waals surface area (Å²) in [5, 5.41) is 0. The van der Waals surface area contributed by atoms with E-state index in [9.17, 15) is 13.2 Å². The summed E-state index contributed by atoms with van der Waals surface area (Å²) in [5.41, 5.74) is 4.85. The molecule has 0 amide bonds. The second-order valence-corrected chi connectivity index (χ2v) is 8.89. The van der Waals surface area contributed by atoms with Crippen molar-refractivity contribution in [2.45, 2.75) is 45.6 Å². The average Bonchev–Trinajstić information content (AvgIpc) is 2.69. The van der Waals surface area contributed by atoms with Gasteiger partial charge in [0.2, 0.25) is 6.10 Å². The number of benzene rings is 2. The zero-order chi connectivity index (χ0) is 20.8. The van der Waals surface area contributed by atoms with Gasteiger partial charge < -0.3 is 9.47 Å². The number of esters is 1. The Balaban J connectivity index is 2.23. The maximum Gasteiger partial charge on any atom is 0.348 e. The molecule has 150 valence electrons. The van der Waals surface area contributed by atoms with Gasteiger partial charge in [0, 0.05) is 0 Å². The lowest BCUT2D eigenvalue weighted by Gasteiger charge is -2.35. The van der Waals surface area contributed by atoms with E-state index < -0.39 is 22.1 Å². The summed E-state index contributed by atoms with van der Waals surface area (Å²) in [6, 6.07) is 6.81. The van der Waals surface area contributed by atoms with Gasteiger partial charge in [-0.15, -0.1) is 0 Å². The summed E-state index contributed by atoms with van der Waals surface area (Å²) in [4.78, 5) is 12.4. The first-order valence-electron chi connectivity index (χ1n) is 9.04. The van der Waals surface area contributed by atoms with Crippen LogP contribution in [0, 0.1) is 34.6 Å². The van der Waals surface area contributed by atoms with E-state index in [4.69, 9.17) is 9.47 Å². The van der Waals surface area contributed by atoms with Gasteiger partial charge in [0.25, 0.3) is 10.0 Å². The highest BCUT2D eigenvalue weighted by atomic mass is 32.2. The van der Waals surface area contributed by atoms with Crippen molar-refractivity contribution >= 4 is 21.7 Å². The standard InChI is InChI=1S/C21H25NO5S/c1-12-13(2)15(4)20(16(5)14(12)3)28(24,25)22-11-19(21(23)26-6)27-18-10-8-7-9-17(18)22/h7-10,19H,11H2,1-6H3/t19-/m0/s1. The van der Waals surface area contributed by atoms with Crippen molar-refractivity contribution in [3.63, 3.8) is 0 Å². The molecule has 2 aromatic carbocycles. The number of nitrogens with zero attached hydrogens (tertiary/aromatic N) is 1. The summed E-state index contributed by atoms with van der Waals surface area (Å²) in [5.74, 6) is -0.275. The maximum absolute atomic E-state index is 13.8. The topological polar surface area (TPSA) is 72.9 Å². The lowest BCUT2D eigenvalue weighted by Crippen LogP contribution is -2.47. The highest BCUT2D eigenvalue weighted by Crippen LogP contribution is 2.39. The third kappa shape index (κ3) is 3.03. The van der Waals surface area contributed by atoms with E-state index in [1.165, 1.54) is 11.4 Å². The molecule has 0 saturated carbocycles. The van der Waals surface area contributed by atoms with Gasteiger partial charge in [0.05, 0.1) is 24.2 Å². The highest BCUT2D eigenvalue weighted by molar-refractivity contribution is 7.93. The van der Waals surface area contributed by atoms with Gasteiger partial charge in [-0.2, -0.15) is 0 Å². The van der Waals surface area contributed by atoms with Crippen LogP contribution in [0.25, 0.3) is 0 Å². The van der Waals surface area contributed by atoms with Crippen molar-refractivity contribution in [2.24, 2.45) is 0 Å². The molecular formula is C21H25NO5S. The summed E-state index contributed by atoms with van der Waals surface area (Å²) in [6.07, 6.45) is -1.03. The number of sulfonamides is 1. The first-order chi connectivity index (χ1) is 13.1. The van der Waals surface area contributed by atoms with Gasteiger partial charge >= 0.3 is 5.97 Å². The van der Waals surface area contributed by atoms with Gasteiger partial charge in [-0.05, 0) is 74.6 Å². The van der Waals surface area contributed by atoms with Crippen molar-refractivity contribution in [2.75, 3.05) is 18.0 Å². The molecule has 1 aliphatic rings. The Morgan fingerprint density at radius 1 is 1.00 bits per heavy atom. The number of para-hydroxylation sites is 2. The Hall–Kier alpha value is -2.54. The molecule has 1 atom stereocenters. The Labute approximate surface area is 166 Å². The van der Waals surface area contributed by atoms with Crippen LogP contribution in [0.1, 0.15) is 27.8 Å². The van der Waals surface area contributed by atoms with E-state index in [-0.39, 0.29) is 11.4 Å². The van der Waals surface area contributed by atoms with Crippen molar-refractivity contribution in [1.82, 2.24) is 0 Å². The van der Waals surface area contributed by atoms with Gasteiger partial charge in [0.15, 0.2) is 0 Å². The van der Waals surface area contributed by atoms with E-state index in [0.29, 0.717) is 11.4 Å². The molecule has 0 saturated heterocycles. The van der Waals surface area contributed by atoms with E-state index in [1.54, 1.807) is 24.3 Å². The van der Waals surface area contributed by atoms with E-state index in [0.717, 1.165) is 27.8 Å². The number of hydrogen-bond donors (Lipinski definition) is 0. The normalized spacial score (nSPS) is 16.4. The molecule has 0 unspecified atom stereocenters. The Kier molecular flexibility index (Phi) is 5.14. The molecule has 0 N–H and O–H groups in total. The maximum atomic E-state index is 13.8. The molecule has 0 bridgehead atoms. The van der Waals surface area contributed by atoms with Crippen LogP contribution in [0.3, 0.4) is 0 Å². The summed E-state index contributed by atoms with van der Waals surface area (Å²) in [7, 11) is -2.67. The van der Waals surface area contributed by atoms with Crippen LogP contribution in [-0.4, -0.2) is 34.1 Å². The monoisotopic (exact) mass is 403 g/mol. The molecule has 0 aromatic heterocycles. The first kappa shape index (κ1) is 20.2. The molecule has 28 heavy (non-hydrogen) atoms. The largest absolute Gasteiger partial charge is 0.475 e. The summed E-state index contributed by atoms with van der Waals surface area (Å²) >= 11 is 0. The zero-order valence-electron chi connectivity index (χ0n) is 17.0. The molecule has 6 nitrogen and oxygen atoms in total. The zero-order valence-corrected chi connectivity index (χ0v) is 17.8. The molecule has 2 aromatic rings. The predicted octanol–water partition coefficient (Wildman–Crippen LogP) is 3.36. The highest BCUT2D eigenvalue weighted by Gasteiger charge is 2.39. The van der Waals surface area contributed by atoms with Gasteiger partial charge in [-0.3, -0.25) is 4.31 Å². The lowest BCUT2D eigenvalue weighted by molar-refractivity contribution is -0.148. The fourth-order valence-electron chi connectivity index (χ4n) is 3.65. The minimum Gasteiger partial charge on any atom is -0.475 e. The predicted molar refractivity (Wildman–Crippen MR) is 108 cm³/mol. The van der Waals surface area contributed by atoms with Crippen LogP contribution in [0.2, 0.25) is 0 Å². The number of methoxy groups -OCH3 is 1. The van der Waals surface area contributed by atoms with Gasteiger partial charge in [-0.1, -0.05) is 12.1 Å². The van der Waals surface area contributed by atoms with Gasteiger partial charge in [-0.25, -0.2) is 13.2 Å². The van der Waals surface area contributed by atoms with Crippen molar-refractivity contribution in [3.05, 3.63) is 52.1 Å². The third-order valence-electron chi connectivity index (χ3n) is 5.68. The second kappa shape index (κ2) is 7.13. The van der Waals surface area contributed by atoms with Crippen LogP contribution in [-0.2, 0) is 19.6 Å². The molecule has 1 aliphatic heterocycles. The summed E-state index contributed by atoms with van der Waals surface area (Å²) in [6.45, 7) is 9.37. The fraction of sp³-hybridized carbons (Fsp3) is 0.381. The van der Waals surface area contributed by atoms with Crippen LogP contribution in [0.15, 0.2) is 29.2 Å². The SMILES string of the molecule is COC(=O)[C@@H]1CN(S(=O)(=O)c2c(C)c(C)c(C)c(C)c2C)c2ccccc2O1. The number of ether oxygens (including phenoxy) is 2. The van der Waals surface area contributed by atoms with Crippen LogP contribution < -0.4 is 9.04 Å². The molecule has 3 rings (SSSR count). The van der Waals surface area contributed by atoms with Crippen LogP contribution >= 0.6 is 0 Å². The van der Waals surface area contributed by atoms with Crippen molar-refractivity contribution in [3.8, 4) is 5.75 Å². The van der Waals surface area contributed by atoms with Crippen molar-refractivity contribution in [1.29, 1.82) is 0 Å². The smallest absolute Gasteiger partial charge is 0.348 e. The third-order valence-corrected chi connectivity index (χ3v) is 7.73. The number of anilines is 1. The second-order valence-electron chi connectivity index (χ2n) is 7.09. The number of rotatable bonds is 3. The van der Waals surface area contributed by atoms with Crippen LogP contribution in [0.4, 0.5) is 5.69 Å². The number of hydrogen-bond acceptors (Lipinski definition) is 5. The molecule has 7 heteroatoms. The molecule has 1 heterocycles.